The lowest BCUT2D eigenvalue weighted by Gasteiger charge is -2.14. The molecule has 4 heteroatoms. The van der Waals surface area contributed by atoms with Crippen LogP contribution in [-0.2, 0) is 0 Å². The zero-order chi connectivity index (χ0) is 14.4. The number of amides is 1. The van der Waals surface area contributed by atoms with Crippen LogP contribution in [0.3, 0.4) is 0 Å². The standard InChI is InChI=1S/C15H23FN2O/c1-10(2)5-4-6-11(3)18-15(19)12-7-8-14(17)13(16)9-12/h7-11H,4-6,17H2,1-3H3,(H,18,19). The molecular formula is C15H23FN2O. The Balaban J connectivity index is 2.47. The van der Waals surface area contributed by atoms with Gasteiger partial charge < -0.3 is 11.1 Å². The molecule has 0 spiro atoms. The molecule has 3 N–H and O–H groups in total. The molecule has 1 rings (SSSR count). The first-order chi connectivity index (χ1) is 8.90. The third kappa shape index (κ3) is 5.28. The Morgan fingerprint density at radius 2 is 2.00 bits per heavy atom. The van der Waals surface area contributed by atoms with E-state index in [4.69, 9.17) is 5.73 Å². The predicted molar refractivity (Wildman–Crippen MR) is 76.4 cm³/mol. The number of hydrogen-bond donors (Lipinski definition) is 2. The molecule has 106 valence electrons. The molecule has 0 fully saturated rings. The molecule has 0 saturated heterocycles. The Bertz CT molecular complexity index is 432. The number of nitrogens with two attached hydrogens (primary N) is 1. The number of nitrogens with one attached hydrogen (secondary N) is 1. The normalized spacial score (nSPS) is 12.5. The van der Waals surface area contributed by atoms with E-state index >= 15 is 0 Å². The van der Waals surface area contributed by atoms with Crippen LogP contribution in [-0.4, -0.2) is 11.9 Å². The van der Waals surface area contributed by atoms with Gasteiger partial charge in [0.1, 0.15) is 5.82 Å². The molecular weight excluding hydrogens is 243 g/mol. The van der Waals surface area contributed by atoms with Crippen LogP contribution >= 0.6 is 0 Å². The van der Waals surface area contributed by atoms with Gasteiger partial charge in [-0.3, -0.25) is 4.79 Å². The second-order valence-corrected chi connectivity index (χ2v) is 5.44. The summed E-state index contributed by atoms with van der Waals surface area (Å²) in [4.78, 5) is 11.9. The van der Waals surface area contributed by atoms with E-state index in [2.05, 4.69) is 19.2 Å². The predicted octanol–water partition coefficient (Wildman–Crippen LogP) is 3.35. The van der Waals surface area contributed by atoms with E-state index in [0.29, 0.717) is 11.5 Å². The maximum Gasteiger partial charge on any atom is 0.251 e. The van der Waals surface area contributed by atoms with Crippen molar-refractivity contribution >= 4 is 11.6 Å². The number of carbonyl (C=O) groups excluding carboxylic acids is 1. The van der Waals surface area contributed by atoms with Crippen molar-refractivity contribution in [2.75, 3.05) is 5.73 Å². The number of rotatable bonds is 6. The first-order valence-electron chi connectivity index (χ1n) is 6.76. The maximum atomic E-state index is 13.3. The van der Waals surface area contributed by atoms with Gasteiger partial charge in [0.2, 0.25) is 0 Å². The van der Waals surface area contributed by atoms with Crippen LogP contribution in [0.15, 0.2) is 18.2 Å². The quantitative estimate of drug-likeness (QED) is 0.776. The van der Waals surface area contributed by atoms with Crippen molar-refractivity contribution < 1.29 is 9.18 Å². The summed E-state index contributed by atoms with van der Waals surface area (Å²) in [5.74, 6) is -0.134. The average molecular weight is 266 g/mol. The largest absolute Gasteiger partial charge is 0.396 e. The number of hydrogen-bond acceptors (Lipinski definition) is 2. The number of carbonyl (C=O) groups is 1. The molecule has 0 aliphatic heterocycles. The van der Waals surface area contributed by atoms with E-state index in [1.54, 1.807) is 0 Å². The topological polar surface area (TPSA) is 55.1 Å². The monoisotopic (exact) mass is 266 g/mol. The van der Waals surface area contributed by atoms with Gasteiger partial charge in [0.05, 0.1) is 5.69 Å². The van der Waals surface area contributed by atoms with Gasteiger partial charge in [-0.15, -0.1) is 0 Å². The van der Waals surface area contributed by atoms with Crippen LogP contribution in [0.1, 0.15) is 50.4 Å². The maximum absolute atomic E-state index is 13.3. The number of halogens is 1. The fraction of sp³-hybridized carbons (Fsp3) is 0.533. The van der Waals surface area contributed by atoms with Crippen LogP contribution in [0, 0.1) is 11.7 Å². The molecule has 1 unspecified atom stereocenters. The van der Waals surface area contributed by atoms with E-state index in [1.807, 2.05) is 6.92 Å². The number of nitrogen functional groups attached to an aromatic ring is 1. The van der Waals surface area contributed by atoms with Gasteiger partial charge in [-0.1, -0.05) is 26.7 Å². The lowest BCUT2D eigenvalue weighted by molar-refractivity contribution is 0.0937. The van der Waals surface area contributed by atoms with Gasteiger partial charge in [0.25, 0.3) is 5.91 Å². The van der Waals surface area contributed by atoms with Gasteiger partial charge in [-0.05, 0) is 37.5 Å². The zero-order valence-electron chi connectivity index (χ0n) is 11.9. The Labute approximate surface area is 114 Å². The molecule has 0 aliphatic rings. The van der Waals surface area contributed by atoms with Crippen LogP contribution in [0.2, 0.25) is 0 Å². The molecule has 0 aromatic heterocycles. The molecule has 0 heterocycles. The van der Waals surface area contributed by atoms with Crippen LogP contribution in [0.4, 0.5) is 10.1 Å². The van der Waals surface area contributed by atoms with Crippen LogP contribution in [0.5, 0.6) is 0 Å². The molecule has 19 heavy (non-hydrogen) atoms. The van der Waals surface area contributed by atoms with Gasteiger partial charge in [0.15, 0.2) is 0 Å². The first-order valence-corrected chi connectivity index (χ1v) is 6.76. The summed E-state index contributed by atoms with van der Waals surface area (Å²) in [5.41, 5.74) is 5.74. The van der Waals surface area contributed by atoms with E-state index in [-0.39, 0.29) is 17.6 Å². The van der Waals surface area contributed by atoms with Crippen LogP contribution < -0.4 is 11.1 Å². The lowest BCUT2D eigenvalue weighted by Crippen LogP contribution is -2.32. The molecule has 1 aromatic carbocycles. The van der Waals surface area contributed by atoms with E-state index in [1.165, 1.54) is 18.2 Å². The second kappa shape index (κ2) is 7.12. The smallest absolute Gasteiger partial charge is 0.251 e. The molecule has 0 radical (unpaired) electrons. The van der Waals surface area contributed by atoms with Gasteiger partial charge in [-0.2, -0.15) is 0 Å². The highest BCUT2D eigenvalue weighted by Gasteiger charge is 2.11. The number of benzene rings is 1. The Morgan fingerprint density at radius 3 is 2.58 bits per heavy atom. The zero-order valence-corrected chi connectivity index (χ0v) is 11.9. The van der Waals surface area contributed by atoms with Crippen LogP contribution in [0.25, 0.3) is 0 Å². The van der Waals surface area contributed by atoms with Crippen molar-refractivity contribution in [1.82, 2.24) is 5.32 Å². The third-order valence-electron chi connectivity index (χ3n) is 3.06. The average Bonchev–Trinajstić information content (AvgIpc) is 2.32. The van der Waals surface area contributed by atoms with Crippen molar-refractivity contribution in [3.63, 3.8) is 0 Å². The van der Waals surface area contributed by atoms with Crippen molar-refractivity contribution in [2.24, 2.45) is 5.92 Å². The molecule has 0 bridgehead atoms. The summed E-state index contributed by atoms with van der Waals surface area (Å²) in [5, 5.41) is 2.87. The molecule has 1 atom stereocenters. The third-order valence-corrected chi connectivity index (χ3v) is 3.06. The van der Waals surface area contributed by atoms with Crippen molar-refractivity contribution in [3.8, 4) is 0 Å². The summed E-state index contributed by atoms with van der Waals surface area (Å²) >= 11 is 0. The van der Waals surface area contributed by atoms with E-state index in [9.17, 15) is 9.18 Å². The van der Waals surface area contributed by atoms with E-state index in [0.717, 1.165) is 19.3 Å². The van der Waals surface area contributed by atoms with E-state index < -0.39 is 5.82 Å². The van der Waals surface area contributed by atoms with Gasteiger partial charge in [0, 0.05) is 11.6 Å². The minimum Gasteiger partial charge on any atom is -0.396 e. The van der Waals surface area contributed by atoms with Crippen molar-refractivity contribution in [2.45, 2.75) is 46.1 Å². The Hall–Kier alpha value is -1.58. The van der Waals surface area contributed by atoms with Crippen molar-refractivity contribution in [3.05, 3.63) is 29.6 Å². The molecule has 3 nitrogen and oxygen atoms in total. The summed E-state index contributed by atoms with van der Waals surface area (Å²) < 4.78 is 13.3. The molecule has 0 saturated carbocycles. The fourth-order valence-electron chi connectivity index (χ4n) is 1.88. The van der Waals surface area contributed by atoms with Crippen molar-refractivity contribution in [1.29, 1.82) is 0 Å². The highest BCUT2D eigenvalue weighted by molar-refractivity contribution is 5.94. The highest BCUT2D eigenvalue weighted by Crippen LogP contribution is 2.13. The highest BCUT2D eigenvalue weighted by atomic mass is 19.1. The number of anilines is 1. The minimum atomic E-state index is -0.555. The first kappa shape index (κ1) is 15.5. The lowest BCUT2D eigenvalue weighted by atomic mass is 10.0. The summed E-state index contributed by atoms with van der Waals surface area (Å²) in [6.07, 6.45) is 3.16. The minimum absolute atomic E-state index is 0.0570. The SMILES string of the molecule is CC(C)CCCC(C)NC(=O)c1ccc(N)c(F)c1. The summed E-state index contributed by atoms with van der Waals surface area (Å²) in [6, 6.07) is 4.21. The summed E-state index contributed by atoms with van der Waals surface area (Å²) in [7, 11) is 0. The Morgan fingerprint density at radius 1 is 1.32 bits per heavy atom. The molecule has 1 amide bonds. The molecule has 1 aromatic rings. The molecule has 0 aliphatic carbocycles. The van der Waals surface area contributed by atoms with Gasteiger partial charge in [-0.25, -0.2) is 4.39 Å². The second-order valence-electron chi connectivity index (χ2n) is 5.44. The van der Waals surface area contributed by atoms with Gasteiger partial charge >= 0.3 is 0 Å². The summed E-state index contributed by atoms with van der Waals surface area (Å²) in [6.45, 7) is 6.33. The Kier molecular flexibility index (Phi) is 5.80. The fourth-order valence-corrected chi connectivity index (χ4v) is 1.88.